The Labute approximate surface area is 159 Å². The first-order valence-electron chi connectivity index (χ1n) is 8.61. The van der Waals surface area contributed by atoms with Crippen LogP contribution in [-0.2, 0) is 15.6 Å². The average molecular weight is 388 g/mol. The summed E-state index contributed by atoms with van der Waals surface area (Å²) in [6, 6.07) is 13.2. The van der Waals surface area contributed by atoms with Gasteiger partial charge in [0.15, 0.2) is 9.84 Å². The molecule has 2 rings (SSSR count). The van der Waals surface area contributed by atoms with Crippen molar-refractivity contribution in [3.05, 3.63) is 65.2 Å². The van der Waals surface area contributed by atoms with E-state index in [9.17, 15) is 18.0 Å². The first kappa shape index (κ1) is 20.6. The molecule has 0 heterocycles. The van der Waals surface area contributed by atoms with E-state index >= 15 is 0 Å². The van der Waals surface area contributed by atoms with E-state index in [0.717, 1.165) is 6.26 Å². The fraction of sp³-hybridized carbons (Fsp3) is 0.300. The summed E-state index contributed by atoms with van der Waals surface area (Å²) in [5.74, 6) is -0.490. The highest BCUT2D eigenvalue weighted by Crippen LogP contribution is 2.17. The van der Waals surface area contributed by atoms with Gasteiger partial charge < -0.3 is 10.6 Å². The van der Waals surface area contributed by atoms with Crippen molar-refractivity contribution in [2.24, 2.45) is 5.92 Å². The number of carbonyl (C=O) groups excluding carboxylic acids is 2. The topological polar surface area (TPSA) is 92.3 Å². The Hall–Kier alpha value is -2.67. The summed E-state index contributed by atoms with van der Waals surface area (Å²) in [7, 11) is -3.19. The van der Waals surface area contributed by atoms with E-state index in [0.29, 0.717) is 34.8 Å². The van der Waals surface area contributed by atoms with Gasteiger partial charge in [-0.3, -0.25) is 9.59 Å². The number of sulfone groups is 1. The molecule has 0 radical (unpaired) electrons. The molecule has 0 unspecified atom stereocenters. The maximum atomic E-state index is 12.6. The van der Waals surface area contributed by atoms with Crippen molar-refractivity contribution >= 4 is 27.3 Å². The van der Waals surface area contributed by atoms with Crippen LogP contribution in [0.3, 0.4) is 0 Å². The molecular formula is C20H24N2O4S. The van der Waals surface area contributed by atoms with Crippen LogP contribution >= 0.6 is 0 Å². The van der Waals surface area contributed by atoms with Crippen LogP contribution in [0.5, 0.6) is 0 Å². The van der Waals surface area contributed by atoms with Gasteiger partial charge in [-0.1, -0.05) is 38.1 Å². The molecule has 7 heteroatoms. The molecule has 0 saturated carbocycles. The molecule has 6 nitrogen and oxygen atoms in total. The number of hydrogen-bond acceptors (Lipinski definition) is 4. The van der Waals surface area contributed by atoms with Gasteiger partial charge in [0.1, 0.15) is 0 Å². The van der Waals surface area contributed by atoms with Crippen LogP contribution in [0.1, 0.15) is 40.1 Å². The van der Waals surface area contributed by atoms with Crippen LogP contribution in [0.2, 0.25) is 0 Å². The first-order valence-corrected chi connectivity index (χ1v) is 10.7. The monoisotopic (exact) mass is 388 g/mol. The van der Waals surface area contributed by atoms with Crippen LogP contribution in [0, 0.1) is 5.92 Å². The smallest absolute Gasteiger partial charge is 0.255 e. The molecule has 0 bridgehead atoms. The normalized spacial score (nSPS) is 11.3. The SMILES string of the molecule is CC(C)CNC(=O)c1ccccc1NC(=O)c1cccc(CS(C)(=O)=O)c1. The second-order valence-electron chi connectivity index (χ2n) is 6.87. The van der Waals surface area contributed by atoms with Crippen LogP contribution in [0.25, 0.3) is 0 Å². The zero-order chi connectivity index (χ0) is 20.0. The first-order chi connectivity index (χ1) is 12.7. The van der Waals surface area contributed by atoms with Gasteiger partial charge in [-0.15, -0.1) is 0 Å². The Kier molecular flexibility index (Phi) is 6.74. The van der Waals surface area contributed by atoms with E-state index in [1.165, 1.54) is 6.07 Å². The largest absolute Gasteiger partial charge is 0.352 e. The summed E-state index contributed by atoms with van der Waals surface area (Å²) in [5.41, 5.74) is 1.64. The summed E-state index contributed by atoms with van der Waals surface area (Å²) in [6.07, 6.45) is 1.14. The molecule has 2 aromatic carbocycles. The average Bonchev–Trinajstić information content (AvgIpc) is 2.59. The van der Waals surface area contributed by atoms with Gasteiger partial charge in [-0.2, -0.15) is 0 Å². The molecule has 0 aliphatic heterocycles. The van der Waals surface area contributed by atoms with Crippen LogP contribution in [0.4, 0.5) is 5.69 Å². The fourth-order valence-electron chi connectivity index (χ4n) is 2.48. The molecule has 0 saturated heterocycles. The van der Waals surface area contributed by atoms with Crippen molar-refractivity contribution in [1.29, 1.82) is 0 Å². The van der Waals surface area contributed by atoms with Crippen molar-refractivity contribution in [2.45, 2.75) is 19.6 Å². The fourth-order valence-corrected chi connectivity index (χ4v) is 3.27. The van der Waals surface area contributed by atoms with Crippen LogP contribution in [0.15, 0.2) is 48.5 Å². The molecule has 0 fully saturated rings. The maximum absolute atomic E-state index is 12.6. The molecule has 0 atom stereocenters. The quantitative estimate of drug-likeness (QED) is 0.763. The minimum absolute atomic E-state index is 0.137. The third kappa shape index (κ3) is 6.53. The second-order valence-corrected chi connectivity index (χ2v) is 9.01. The summed E-state index contributed by atoms with van der Waals surface area (Å²) in [4.78, 5) is 25.0. The molecule has 0 spiro atoms. The lowest BCUT2D eigenvalue weighted by Gasteiger charge is -2.13. The van der Waals surface area contributed by atoms with E-state index < -0.39 is 15.7 Å². The molecule has 27 heavy (non-hydrogen) atoms. The van der Waals surface area contributed by atoms with Gasteiger partial charge in [0.25, 0.3) is 11.8 Å². The highest BCUT2D eigenvalue weighted by Gasteiger charge is 2.15. The van der Waals surface area contributed by atoms with Crippen molar-refractivity contribution in [3.63, 3.8) is 0 Å². The highest BCUT2D eigenvalue weighted by atomic mass is 32.2. The van der Waals surface area contributed by atoms with Gasteiger partial charge in [-0.05, 0) is 35.7 Å². The third-order valence-electron chi connectivity index (χ3n) is 3.71. The Morgan fingerprint density at radius 2 is 1.70 bits per heavy atom. The van der Waals surface area contributed by atoms with Gasteiger partial charge in [0.2, 0.25) is 0 Å². The van der Waals surface area contributed by atoms with Crippen molar-refractivity contribution in [1.82, 2.24) is 5.32 Å². The van der Waals surface area contributed by atoms with Crippen LogP contribution < -0.4 is 10.6 Å². The number of para-hydroxylation sites is 1. The lowest BCUT2D eigenvalue weighted by atomic mass is 10.1. The van der Waals surface area contributed by atoms with Gasteiger partial charge in [0, 0.05) is 18.4 Å². The van der Waals surface area contributed by atoms with Gasteiger partial charge >= 0.3 is 0 Å². The zero-order valence-electron chi connectivity index (χ0n) is 15.7. The lowest BCUT2D eigenvalue weighted by Crippen LogP contribution is -2.28. The maximum Gasteiger partial charge on any atom is 0.255 e. The predicted molar refractivity (Wildman–Crippen MR) is 107 cm³/mol. The van der Waals surface area contributed by atoms with E-state index in [-0.39, 0.29) is 11.7 Å². The number of hydrogen-bond donors (Lipinski definition) is 2. The number of carbonyl (C=O) groups is 2. The summed E-state index contributed by atoms with van der Waals surface area (Å²) in [5, 5.41) is 5.57. The summed E-state index contributed by atoms with van der Waals surface area (Å²) < 4.78 is 22.9. The molecule has 2 aromatic rings. The number of amides is 2. The predicted octanol–water partition coefficient (Wildman–Crippen LogP) is 2.87. The summed E-state index contributed by atoms with van der Waals surface area (Å²) >= 11 is 0. The van der Waals surface area contributed by atoms with Crippen LogP contribution in [-0.4, -0.2) is 33.0 Å². The number of benzene rings is 2. The Morgan fingerprint density at radius 3 is 2.37 bits per heavy atom. The molecular weight excluding hydrogens is 364 g/mol. The van der Waals surface area contributed by atoms with E-state index in [1.807, 2.05) is 13.8 Å². The minimum Gasteiger partial charge on any atom is -0.352 e. The molecule has 0 aromatic heterocycles. The number of rotatable bonds is 7. The van der Waals surface area contributed by atoms with Gasteiger partial charge in [0.05, 0.1) is 17.0 Å². The van der Waals surface area contributed by atoms with Crippen molar-refractivity contribution in [3.8, 4) is 0 Å². The Bertz CT molecular complexity index is 937. The number of anilines is 1. The van der Waals surface area contributed by atoms with E-state index in [4.69, 9.17) is 0 Å². The molecule has 2 amide bonds. The second kappa shape index (κ2) is 8.81. The molecule has 2 N–H and O–H groups in total. The third-order valence-corrected chi connectivity index (χ3v) is 4.57. The zero-order valence-corrected chi connectivity index (χ0v) is 16.5. The van der Waals surface area contributed by atoms with E-state index in [1.54, 1.807) is 42.5 Å². The van der Waals surface area contributed by atoms with E-state index in [2.05, 4.69) is 10.6 Å². The molecule has 144 valence electrons. The number of nitrogens with one attached hydrogen (secondary N) is 2. The lowest BCUT2D eigenvalue weighted by molar-refractivity contribution is 0.0950. The minimum atomic E-state index is -3.19. The Balaban J connectivity index is 2.19. The highest BCUT2D eigenvalue weighted by molar-refractivity contribution is 7.89. The molecule has 0 aliphatic carbocycles. The van der Waals surface area contributed by atoms with Crippen molar-refractivity contribution in [2.75, 3.05) is 18.1 Å². The molecule has 0 aliphatic rings. The summed E-state index contributed by atoms with van der Waals surface area (Å²) in [6.45, 7) is 4.53. The van der Waals surface area contributed by atoms with Gasteiger partial charge in [-0.25, -0.2) is 8.42 Å². The van der Waals surface area contributed by atoms with Crippen molar-refractivity contribution < 1.29 is 18.0 Å². The Morgan fingerprint density at radius 1 is 1.00 bits per heavy atom. The standard InChI is InChI=1S/C20H24N2O4S/c1-14(2)12-21-20(24)17-9-4-5-10-18(17)22-19(23)16-8-6-7-15(11-16)13-27(3,25)26/h4-11,14H,12-13H2,1-3H3,(H,21,24)(H,22,23).